The molecule has 1 N–H and O–H groups in total. The Hall–Kier alpha value is -3.35. The van der Waals surface area contributed by atoms with E-state index in [9.17, 15) is 9.59 Å². The number of nitrogens with zero attached hydrogens (tertiary/aromatic N) is 4. The lowest BCUT2D eigenvalue weighted by molar-refractivity contribution is -0.119. The van der Waals surface area contributed by atoms with E-state index < -0.39 is 0 Å². The molecule has 7 nitrogen and oxygen atoms in total. The van der Waals surface area contributed by atoms with Crippen LogP contribution in [0.5, 0.6) is 0 Å². The second kappa shape index (κ2) is 6.42. The van der Waals surface area contributed by atoms with Gasteiger partial charge in [0.1, 0.15) is 6.04 Å². The van der Waals surface area contributed by atoms with Gasteiger partial charge in [0.15, 0.2) is 0 Å². The Labute approximate surface area is 155 Å². The first-order valence-corrected chi connectivity index (χ1v) is 8.89. The van der Waals surface area contributed by atoms with E-state index in [4.69, 9.17) is 0 Å². The Kier molecular flexibility index (Phi) is 4.07. The number of aryl methyl sites for hydroxylation is 2. The fourth-order valence-electron chi connectivity index (χ4n) is 3.55. The number of imidazole rings is 2. The lowest BCUT2D eigenvalue weighted by Crippen LogP contribution is -2.25. The number of nitrogens with one attached hydrogen (secondary N) is 1. The maximum atomic E-state index is 12.9. The van der Waals surface area contributed by atoms with Crippen molar-refractivity contribution >= 4 is 33.7 Å². The number of para-hydroxylation sites is 2. The summed E-state index contributed by atoms with van der Waals surface area (Å²) in [4.78, 5) is 29.4. The number of hydrogen-bond acceptors (Lipinski definition) is 3. The molecule has 0 aliphatic rings. The molecule has 0 fully saturated rings. The summed E-state index contributed by atoms with van der Waals surface area (Å²) in [6, 6.07) is 12.9. The molecule has 138 valence electrons. The van der Waals surface area contributed by atoms with Crippen LogP contribution in [0.2, 0.25) is 0 Å². The Balaban J connectivity index is 1.67. The molecule has 0 radical (unpaired) electrons. The summed E-state index contributed by atoms with van der Waals surface area (Å²) >= 11 is 0. The molecular formula is C20H21N5O2. The summed E-state index contributed by atoms with van der Waals surface area (Å²) < 4.78 is 5.07. The van der Waals surface area contributed by atoms with Crippen molar-refractivity contribution in [3.05, 3.63) is 59.3 Å². The Bertz CT molecular complexity index is 1210. The molecule has 2 aromatic heterocycles. The number of anilines is 1. The van der Waals surface area contributed by atoms with Gasteiger partial charge in [0.05, 0.1) is 28.4 Å². The summed E-state index contributed by atoms with van der Waals surface area (Å²) in [5.74, 6) is -0.110. The standard InChI is InChI=1S/C20H21N5O2/c1-4-15(25-12-21-14-7-5-6-8-16(14)25)19(26)22-13-9-10-17-18(11-13)24(3)20(27)23(17)2/h5-12,15H,4H2,1-3H3,(H,22,26). The maximum absolute atomic E-state index is 12.9. The van der Waals surface area contributed by atoms with Crippen LogP contribution in [0.3, 0.4) is 0 Å². The van der Waals surface area contributed by atoms with Crippen LogP contribution >= 0.6 is 0 Å². The van der Waals surface area contributed by atoms with Crippen molar-refractivity contribution in [1.29, 1.82) is 0 Å². The second-order valence-electron chi connectivity index (χ2n) is 6.66. The van der Waals surface area contributed by atoms with Crippen molar-refractivity contribution in [2.75, 3.05) is 5.32 Å². The summed E-state index contributed by atoms with van der Waals surface area (Å²) in [6.45, 7) is 1.98. The first kappa shape index (κ1) is 17.1. The zero-order valence-electron chi connectivity index (χ0n) is 15.5. The van der Waals surface area contributed by atoms with E-state index in [0.29, 0.717) is 12.1 Å². The van der Waals surface area contributed by atoms with Crippen molar-refractivity contribution in [3.63, 3.8) is 0 Å². The fourth-order valence-corrected chi connectivity index (χ4v) is 3.55. The fraction of sp³-hybridized carbons (Fsp3) is 0.250. The zero-order chi connectivity index (χ0) is 19.1. The van der Waals surface area contributed by atoms with E-state index in [1.54, 1.807) is 29.6 Å². The minimum atomic E-state index is -0.368. The summed E-state index contributed by atoms with van der Waals surface area (Å²) in [5, 5.41) is 2.98. The van der Waals surface area contributed by atoms with Gasteiger partial charge in [0.25, 0.3) is 0 Å². The monoisotopic (exact) mass is 363 g/mol. The summed E-state index contributed by atoms with van der Waals surface area (Å²) in [5.41, 5.74) is 3.97. The van der Waals surface area contributed by atoms with Crippen LogP contribution in [-0.2, 0) is 18.9 Å². The first-order chi connectivity index (χ1) is 13.0. The third-order valence-corrected chi connectivity index (χ3v) is 5.05. The highest BCUT2D eigenvalue weighted by Gasteiger charge is 2.21. The molecule has 0 spiro atoms. The molecule has 4 rings (SSSR count). The number of carbonyl (C=O) groups is 1. The summed E-state index contributed by atoms with van der Waals surface area (Å²) in [7, 11) is 3.46. The third kappa shape index (κ3) is 2.71. The molecule has 4 aromatic rings. The van der Waals surface area contributed by atoms with Crippen molar-refractivity contribution in [3.8, 4) is 0 Å². The molecule has 1 unspecified atom stereocenters. The number of rotatable bonds is 4. The van der Waals surface area contributed by atoms with Gasteiger partial charge >= 0.3 is 5.69 Å². The van der Waals surface area contributed by atoms with Gasteiger partial charge in [0.2, 0.25) is 5.91 Å². The van der Waals surface area contributed by atoms with E-state index >= 15 is 0 Å². The van der Waals surface area contributed by atoms with E-state index in [1.807, 2.05) is 54.0 Å². The number of benzene rings is 2. The lowest BCUT2D eigenvalue weighted by Gasteiger charge is -2.17. The Morgan fingerprint density at radius 1 is 1.07 bits per heavy atom. The molecule has 7 heteroatoms. The highest BCUT2D eigenvalue weighted by Crippen LogP contribution is 2.23. The largest absolute Gasteiger partial charge is 0.328 e. The molecule has 0 bridgehead atoms. The molecule has 0 aliphatic heterocycles. The third-order valence-electron chi connectivity index (χ3n) is 5.05. The quantitative estimate of drug-likeness (QED) is 0.606. The molecule has 0 saturated carbocycles. The SMILES string of the molecule is CCC(C(=O)Nc1ccc2c(c1)n(C)c(=O)n2C)n1cnc2ccccc21. The molecule has 2 aromatic carbocycles. The smallest absolute Gasteiger partial charge is 0.324 e. The van der Waals surface area contributed by atoms with Crippen LogP contribution in [0.1, 0.15) is 19.4 Å². The summed E-state index contributed by atoms with van der Waals surface area (Å²) in [6.07, 6.45) is 2.35. The minimum absolute atomic E-state index is 0.0928. The number of aromatic nitrogens is 4. The second-order valence-corrected chi connectivity index (χ2v) is 6.66. The van der Waals surface area contributed by atoms with E-state index in [1.165, 1.54) is 0 Å². The van der Waals surface area contributed by atoms with Gasteiger partial charge in [-0.15, -0.1) is 0 Å². The Morgan fingerprint density at radius 2 is 1.81 bits per heavy atom. The van der Waals surface area contributed by atoms with Gasteiger partial charge < -0.3 is 9.88 Å². The predicted octanol–water partition coefficient (Wildman–Crippen LogP) is 2.82. The van der Waals surface area contributed by atoms with Gasteiger partial charge in [-0.3, -0.25) is 13.9 Å². The maximum Gasteiger partial charge on any atom is 0.328 e. The number of carbonyl (C=O) groups excluding carboxylic acids is 1. The highest BCUT2D eigenvalue weighted by molar-refractivity contribution is 5.96. The molecule has 0 aliphatic carbocycles. The van der Waals surface area contributed by atoms with Crippen LogP contribution in [-0.4, -0.2) is 24.6 Å². The average molecular weight is 363 g/mol. The van der Waals surface area contributed by atoms with Gasteiger partial charge in [-0.25, -0.2) is 9.78 Å². The molecule has 0 saturated heterocycles. The van der Waals surface area contributed by atoms with Crippen LogP contribution < -0.4 is 11.0 Å². The highest BCUT2D eigenvalue weighted by atomic mass is 16.2. The zero-order valence-corrected chi connectivity index (χ0v) is 15.5. The molecule has 1 atom stereocenters. The number of hydrogen-bond donors (Lipinski definition) is 1. The molecule has 2 heterocycles. The van der Waals surface area contributed by atoms with Crippen molar-refractivity contribution in [2.24, 2.45) is 14.1 Å². The van der Waals surface area contributed by atoms with Crippen LogP contribution in [0.4, 0.5) is 5.69 Å². The molecule has 27 heavy (non-hydrogen) atoms. The first-order valence-electron chi connectivity index (χ1n) is 8.89. The van der Waals surface area contributed by atoms with Gasteiger partial charge in [-0.1, -0.05) is 19.1 Å². The van der Waals surface area contributed by atoms with Gasteiger partial charge in [-0.2, -0.15) is 0 Å². The number of fused-ring (bicyclic) bond motifs is 2. The van der Waals surface area contributed by atoms with E-state index in [-0.39, 0.29) is 17.6 Å². The van der Waals surface area contributed by atoms with Crippen LogP contribution in [0, 0.1) is 0 Å². The van der Waals surface area contributed by atoms with Crippen molar-refractivity contribution < 1.29 is 4.79 Å². The van der Waals surface area contributed by atoms with Crippen molar-refractivity contribution in [1.82, 2.24) is 18.7 Å². The normalized spacial score (nSPS) is 12.6. The van der Waals surface area contributed by atoms with Crippen LogP contribution in [0.25, 0.3) is 22.1 Å². The topological polar surface area (TPSA) is 73.8 Å². The van der Waals surface area contributed by atoms with Crippen LogP contribution in [0.15, 0.2) is 53.6 Å². The van der Waals surface area contributed by atoms with E-state index in [2.05, 4.69) is 10.3 Å². The Morgan fingerprint density at radius 3 is 2.59 bits per heavy atom. The molecular weight excluding hydrogens is 342 g/mol. The average Bonchev–Trinajstić information content (AvgIpc) is 3.19. The predicted molar refractivity (Wildman–Crippen MR) is 106 cm³/mol. The minimum Gasteiger partial charge on any atom is -0.324 e. The van der Waals surface area contributed by atoms with E-state index in [0.717, 1.165) is 22.1 Å². The van der Waals surface area contributed by atoms with Gasteiger partial charge in [0, 0.05) is 19.8 Å². The van der Waals surface area contributed by atoms with Crippen molar-refractivity contribution in [2.45, 2.75) is 19.4 Å². The van der Waals surface area contributed by atoms with Gasteiger partial charge in [-0.05, 0) is 36.8 Å². The number of amides is 1. The molecule has 1 amide bonds. The lowest BCUT2D eigenvalue weighted by atomic mass is 10.2.